The molecule has 1 saturated carbocycles. The molecule has 0 spiro atoms. The van der Waals surface area contributed by atoms with E-state index in [9.17, 15) is 0 Å². The maximum Gasteiger partial charge on any atom is 0.0244 e. The molecule has 1 aliphatic carbocycles. The minimum Gasteiger partial charge on any atom is -0.311 e. The third kappa shape index (κ3) is 4.21. The van der Waals surface area contributed by atoms with Crippen LogP contribution in [-0.4, -0.2) is 36.6 Å². The first-order chi connectivity index (χ1) is 9.40. The van der Waals surface area contributed by atoms with Gasteiger partial charge >= 0.3 is 0 Å². The van der Waals surface area contributed by atoms with Crippen molar-refractivity contribution in [2.75, 3.05) is 19.6 Å². The predicted octanol–water partition coefficient (Wildman–Crippen LogP) is 3.91. The van der Waals surface area contributed by atoms with Crippen molar-refractivity contribution in [2.24, 2.45) is 17.3 Å². The lowest BCUT2D eigenvalue weighted by Gasteiger charge is -2.46. The molecule has 0 radical (unpaired) electrons. The molecule has 1 N–H and O–H groups in total. The summed E-state index contributed by atoms with van der Waals surface area (Å²) in [5, 5.41) is 3.79. The monoisotopic (exact) mass is 280 g/mol. The zero-order chi connectivity index (χ0) is 14.8. The van der Waals surface area contributed by atoms with Gasteiger partial charge in [-0.3, -0.25) is 4.90 Å². The van der Waals surface area contributed by atoms with Crippen LogP contribution in [0.2, 0.25) is 0 Å². The van der Waals surface area contributed by atoms with Crippen molar-refractivity contribution in [3.8, 4) is 0 Å². The van der Waals surface area contributed by atoms with E-state index in [2.05, 4.69) is 44.8 Å². The molecule has 2 rings (SSSR count). The molecule has 0 bridgehead atoms. The van der Waals surface area contributed by atoms with Crippen molar-refractivity contribution in [2.45, 2.75) is 78.8 Å². The van der Waals surface area contributed by atoms with Crippen LogP contribution in [0.25, 0.3) is 0 Å². The Hall–Kier alpha value is -0.0800. The van der Waals surface area contributed by atoms with Crippen LogP contribution in [0.3, 0.4) is 0 Å². The van der Waals surface area contributed by atoms with E-state index in [4.69, 9.17) is 0 Å². The molecule has 118 valence electrons. The molecule has 20 heavy (non-hydrogen) atoms. The molecule has 1 saturated heterocycles. The standard InChI is InChI=1S/C18H36N2/c1-6-16-11-19-17(18(3,4)5)13-20(16)12-15-9-7-8-14(2)10-15/h14-17,19H,6-13H2,1-5H3. The summed E-state index contributed by atoms with van der Waals surface area (Å²) in [7, 11) is 0. The Morgan fingerprint density at radius 2 is 1.95 bits per heavy atom. The Bertz CT molecular complexity index is 294. The van der Waals surface area contributed by atoms with E-state index in [1.165, 1.54) is 51.7 Å². The molecule has 2 fully saturated rings. The number of piperazine rings is 1. The second-order valence-corrected chi connectivity index (χ2v) is 8.48. The van der Waals surface area contributed by atoms with Crippen LogP contribution in [0.5, 0.6) is 0 Å². The van der Waals surface area contributed by atoms with Crippen molar-refractivity contribution in [3.63, 3.8) is 0 Å². The highest BCUT2D eigenvalue weighted by Crippen LogP contribution is 2.31. The van der Waals surface area contributed by atoms with Crippen molar-refractivity contribution in [1.82, 2.24) is 10.2 Å². The Balaban J connectivity index is 1.94. The molecule has 4 unspecified atom stereocenters. The summed E-state index contributed by atoms with van der Waals surface area (Å²) in [6.07, 6.45) is 7.12. The lowest BCUT2D eigenvalue weighted by molar-refractivity contribution is 0.0600. The van der Waals surface area contributed by atoms with E-state index in [0.717, 1.165) is 17.9 Å². The van der Waals surface area contributed by atoms with E-state index in [-0.39, 0.29) is 0 Å². The van der Waals surface area contributed by atoms with Gasteiger partial charge in [-0.15, -0.1) is 0 Å². The Morgan fingerprint density at radius 1 is 1.20 bits per heavy atom. The molecule has 2 aliphatic rings. The van der Waals surface area contributed by atoms with Crippen molar-refractivity contribution < 1.29 is 0 Å². The van der Waals surface area contributed by atoms with Gasteiger partial charge in [0.05, 0.1) is 0 Å². The summed E-state index contributed by atoms with van der Waals surface area (Å²) in [5.74, 6) is 1.90. The third-order valence-corrected chi connectivity index (χ3v) is 5.59. The predicted molar refractivity (Wildman–Crippen MR) is 88.0 cm³/mol. The van der Waals surface area contributed by atoms with E-state index < -0.39 is 0 Å². The van der Waals surface area contributed by atoms with Crippen LogP contribution in [0.1, 0.15) is 66.7 Å². The highest BCUT2D eigenvalue weighted by molar-refractivity contribution is 4.92. The highest BCUT2D eigenvalue weighted by Gasteiger charge is 2.34. The van der Waals surface area contributed by atoms with Crippen LogP contribution in [0.4, 0.5) is 0 Å². The summed E-state index contributed by atoms with van der Waals surface area (Å²) in [5.41, 5.74) is 0.372. The normalized spacial score (nSPS) is 37.0. The van der Waals surface area contributed by atoms with Crippen LogP contribution in [-0.2, 0) is 0 Å². The lowest BCUT2D eigenvalue weighted by atomic mass is 9.80. The van der Waals surface area contributed by atoms with E-state index in [1.807, 2.05) is 0 Å². The average Bonchev–Trinajstić information content (AvgIpc) is 2.37. The first kappa shape index (κ1) is 16.3. The van der Waals surface area contributed by atoms with Gasteiger partial charge in [0.15, 0.2) is 0 Å². The fourth-order valence-electron chi connectivity index (χ4n) is 4.12. The van der Waals surface area contributed by atoms with Crippen LogP contribution in [0.15, 0.2) is 0 Å². The molecule has 2 heteroatoms. The van der Waals surface area contributed by atoms with E-state index >= 15 is 0 Å². The van der Waals surface area contributed by atoms with Gasteiger partial charge in [-0.25, -0.2) is 0 Å². The van der Waals surface area contributed by atoms with E-state index in [0.29, 0.717) is 11.5 Å². The van der Waals surface area contributed by atoms with Gasteiger partial charge in [-0.1, -0.05) is 47.5 Å². The first-order valence-corrected chi connectivity index (χ1v) is 8.87. The SMILES string of the molecule is CCC1CNC(C(C)(C)C)CN1CC1CCCC(C)C1. The Labute approximate surface area is 126 Å². The number of nitrogens with one attached hydrogen (secondary N) is 1. The van der Waals surface area contributed by atoms with Gasteiger partial charge in [0.1, 0.15) is 0 Å². The molecular formula is C18H36N2. The fraction of sp³-hybridized carbons (Fsp3) is 1.00. The van der Waals surface area contributed by atoms with Crippen LogP contribution < -0.4 is 5.32 Å². The number of nitrogens with zero attached hydrogens (tertiary/aromatic N) is 1. The zero-order valence-corrected chi connectivity index (χ0v) is 14.4. The first-order valence-electron chi connectivity index (χ1n) is 8.87. The second kappa shape index (κ2) is 6.79. The lowest BCUT2D eigenvalue weighted by Crippen LogP contribution is -2.60. The molecule has 0 aromatic rings. The van der Waals surface area contributed by atoms with Crippen molar-refractivity contribution in [1.29, 1.82) is 0 Å². The Morgan fingerprint density at radius 3 is 2.55 bits per heavy atom. The molecule has 1 aliphatic heterocycles. The second-order valence-electron chi connectivity index (χ2n) is 8.48. The smallest absolute Gasteiger partial charge is 0.0244 e. The molecule has 0 aromatic heterocycles. The average molecular weight is 280 g/mol. The summed E-state index contributed by atoms with van der Waals surface area (Å²) in [4.78, 5) is 2.81. The molecular weight excluding hydrogens is 244 g/mol. The Kier molecular flexibility index (Phi) is 5.53. The van der Waals surface area contributed by atoms with Gasteiger partial charge in [0, 0.05) is 31.7 Å². The van der Waals surface area contributed by atoms with Crippen LogP contribution in [0, 0.1) is 17.3 Å². The van der Waals surface area contributed by atoms with Crippen molar-refractivity contribution >= 4 is 0 Å². The molecule has 1 heterocycles. The topological polar surface area (TPSA) is 15.3 Å². The van der Waals surface area contributed by atoms with Gasteiger partial charge in [0.25, 0.3) is 0 Å². The molecule has 2 nitrogen and oxygen atoms in total. The van der Waals surface area contributed by atoms with Gasteiger partial charge < -0.3 is 5.32 Å². The van der Waals surface area contributed by atoms with Gasteiger partial charge in [-0.05, 0) is 36.5 Å². The van der Waals surface area contributed by atoms with Crippen molar-refractivity contribution in [3.05, 3.63) is 0 Å². The minimum atomic E-state index is 0.372. The summed E-state index contributed by atoms with van der Waals surface area (Å²) >= 11 is 0. The summed E-state index contributed by atoms with van der Waals surface area (Å²) in [6.45, 7) is 15.7. The number of rotatable bonds is 3. The van der Waals surface area contributed by atoms with Gasteiger partial charge in [0.2, 0.25) is 0 Å². The molecule has 0 aromatic carbocycles. The maximum atomic E-state index is 3.79. The molecule has 4 atom stereocenters. The minimum absolute atomic E-state index is 0.372. The summed E-state index contributed by atoms with van der Waals surface area (Å²) in [6, 6.07) is 1.40. The largest absolute Gasteiger partial charge is 0.311 e. The van der Waals surface area contributed by atoms with Gasteiger partial charge in [-0.2, -0.15) is 0 Å². The van der Waals surface area contributed by atoms with Crippen LogP contribution >= 0.6 is 0 Å². The van der Waals surface area contributed by atoms with E-state index in [1.54, 1.807) is 0 Å². The maximum absolute atomic E-state index is 3.79. The number of hydrogen-bond donors (Lipinski definition) is 1. The quantitative estimate of drug-likeness (QED) is 0.843. The highest BCUT2D eigenvalue weighted by atomic mass is 15.2. The fourth-order valence-corrected chi connectivity index (χ4v) is 4.12. The third-order valence-electron chi connectivity index (χ3n) is 5.59. The summed E-state index contributed by atoms with van der Waals surface area (Å²) < 4.78 is 0. The zero-order valence-electron chi connectivity index (χ0n) is 14.4. The number of hydrogen-bond acceptors (Lipinski definition) is 2. The molecule has 0 amide bonds.